The van der Waals surface area contributed by atoms with Crippen molar-refractivity contribution >= 4 is 44.4 Å². The Kier molecular flexibility index (Phi) is 3.12. The maximum absolute atomic E-state index is 4.70. The van der Waals surface area contributed by atoms with Crippen molar-refractivity contribution in [1.82, 2.24) is 19.9 Å². The molecule has 1 fully saturated rings. The van der Waals surface area contributed by atoms with Gasteiger partial charge in [0.15, 0.2) is 0 Å². The summed E-state index contributed by atoms with van der Waals surface area (Å²) in [6, 6.07) is 10.2. The van der Waals surface area contributed by atoms with Crippen LogP contribution in [0.3, 0.4) is 0 Å². The Morgan fingerprint density at radius 2 is 1.75 bits per heavy atom. The molecular weight excluding hydrogens is 320 g/mol. The van der Waals surface area contributed by atoms with E-state index in [1.54, 1.807) is 17.7 Å². The summed E-state index contributed by atoms with van der Waals surface area (Å²) in [6.07, 6.45) is 1.66. The maximum Gasteiger partial charge on any atom is 0.203 e. The van der Waals surface area contributed by atoms with Crippen LogP contribution in [0, 0.1) is 0 Å². The van der Waals surface area contributed by atoms with Gasteiger partial charge in [0.25, 0.3) is 0 Å². The second-order valence-corrected chi connectivity index (χ2v) is 6.80. The quantitative estimate of drug-likeness (QED) is 0.610. The minimum atomic E-state index is 0.927. The fourth-order valence-electron chi connectivity index (χ4n) is 3.22. The summed E-state index contributed by atoms with van der Waals surface area (Å²) in [7, 11) is 0. The van der Waals surface area contributed by atoms with Gasteiger partial charge in [-0.3, -0.25) is 0 Å². The number of thiophene rings is 1. The van der Waals surface area contributed by atoms with Crippen LogP contribution in [-0.2, 0) is 0 Å². The summed E-state index contributed by atoms with van der Waals surface area (Å²) in [6.45, 7) is 3.72. The highest BCUT2D eigenvalue weighted by atomic mass is 32.1. The molecule has 0 atom stereocenters. The number of fused-ring (bicyclic) bond motifs is 2. The van der Waals surface area contributed by atoms with Crippen molar-refractivity contribution in [2.24, 2.45) is 0 Å². The highest BCUT2D eigenvalue weighted by Crippen LogP contribution is 2.29. The lowest BCUT2D eigenvalue weighted by atomic mass is 10.3. The summed E-state index contributed by atoms with van der Waals surface area (Å²) in [5.74, 6) is 2.01. The fourth-order valence-corrected chi connectivity index (χ4v) is 4.08. The van der Waals surface area contributed by atoms with Gasteiger partial charge in [0.2, 0.25) is 5.95 Å². The van der Waals surface area contributed by atoms with Gasteiger partial charge in [0.1, 0.15) is 12.1 Å². The zero-order valence-corrected chi connectivity index (χ0v) is 13.8. The molecule has 4 aromatic rings. The molecule has 0 spiro atoms. The number of anilines is 2. The molecule has 1 saturated heterocycles. The van der Waals surface area contributed by atoms with E-state index in [4.69, 9.17) is 4.98 Å². The van der Waals surface area contributed by atoms with Crippen LogP contribution in [0.4, 0.5) is 11.8 Å². The highest BCUT2D eigenvalue weighted by Gasteiger charge is 2.22. The monoisotopic (exact) mass is 336 g/mol. The Morgan fingerprint density at radius 1 is 0.917 bits per heavy atom. The van der Waals surface area contributed by atoms with Crippen molar-refractivity contribution in [3.63, 3.8) is 0 Å². The molecule has 24 heavy (non-hydrogen) atoms. The second kappa shape index (κ2) is 5.45. The van der Waals surface area contributed by atoms with E-state index in [0.29, 0.717) is 0 Å². The molecule has 3 aromatic heterocycles. The SMILES string of the molecule is c1ccc2[nH]c(N3CCN(c4ncnc5ccsc45)CC3)nc2c1. The van der Waals surface area contributed by atoms with Crippen LogP contribution in [-0.4, -0.2) is 46.1 Å². The van der Waals surface area contributed by atoms with Crippen molar-refractivity contribution in [3.8, 4) is 0 Å². The van der Waals surface area contributed by atoms with Crippen LogP contribution in [0.2, 0.25) is 0 Å². The number of aromatic nitrogens is 4. The molecule has 1 N–H and O–H groups in total. The maximum atomic E-state index is 4.70. The molecular formula is C17H16N6S. The van der Waals surface area contributed by atoms with E-state index in [2.05, 4.69) is 42.3 Å². The van der Waals surface area contributed by atoms with Gasteiger partial charge in [-0.05, 0) is 23.6 Å². The Bertz CT molecular complexity index is 965. The fraction of sp³-hybridized carbons (Fsp3) is 0.235. The zero-order valence-electron chi connectivity index (χ0n) is 13.0. The number of para-hydroxylation sites is 2. The molecule has 4 heterocycles. The van der Waals surface area contributed by atoms with Crippen molar-refractivity contribution in [2.75, 3.05) is 36.0 Å². The lowest BCUT2D eigenvalue weighted by molar-refractivity contribution is 0.639. The summed E-state index contributed by atoms with van der Waals surface area (Å²) < 4.78 is 1.18. The number of rotatable bonds is 2. The van der Waals surface area contributed by atoms with Crippen molar-refractivity contribution in [2.45, 2.75) is 0 Å². The van der Waals surface area contributed by atoms with E-state index in [0.717, 1.165) is 54.5 Å². The average molecular weight is 336 g/mol. The number of H-pyrrole nitrogens is 1. The molecule has 5 rings (SSSR count). The van der Waals surface area contributed by atoms with Crippen molar-refractivity contribution in [1.29, 1.82) is 0 Å². The van der Waals surface area contributed by atoms with Gasteiger partial charge in [-0.25, -0.2) is 15.0 Å². The van der Waals surface area contributed by atoms with E-state index < -0.39 is 0 Å². The lowest BCUT2D eigenvalue weighted by Gasteiger charge is -2.35. The number of nitrogens with one attached hydrogen (secondary N) is 1. The Labute approximate surface area is 142 Å². The Hall–Kier alpha value is -2.67. The van der Waals surface area contributed by atoms with E-state index >= 15 is 0 Å². The number of piperazine rings is 1. The lowest BCUT2D eigenvalue weighted by Crippen LogP contribution is -2.47. The normalized spacial score (nSPS) is 15.5. The van der Waals surface area contributed by atoms with Crippen molar-refractivity contribution < 1.29 is 0 Å². The van der Waals surface area contributed by atoms with Gasteiger partial charge < -0.3 is 14.8 Å². The molecule has 1 aliphatic rings. The first-order chi connectivity index (χ1) is 11.9. The third kappa shape index (κ3) is 2.20. The van der Waals surface area contributed by atoms with Crippen LogP contribution < -0.4 is 9.80 Å². The van der Waals surface area contributed by atoms with E-state index in [1.807, 2.05) is 18.2 Å². The zero-order chi connectivity index (χ0) is 15.9. The van der Waals surface area contributed by atoms with Gasteiger partial charge >= 0.3 is 0 Å². The number of hydrogen-bond acceptors (Lipinski definition) is 6. The summed E-state index contributed by atoms with van der Waals surface area (Å²) in [4.78, 5) is 21.6. The first-order valence-corrected chi connectivity index (χ1v) is 8.89. The van der Waals surface area contributed by atoms with Crippen LogP contribution in [0.25, 0.3) is 21.3 Å². The average Bonchev–Trinajstić information content (AvgIpc) is 3.28. The van der Waals surface area contributed by atoms with E-state index in [1.165, 1.54) is 4.70 Å². The standard InChI is InChI=1S/C17H16N6S/c1-2-4-13-12(3-1)20-17(21-13)23-8-6-22(7-9-23)16-15-14(5-10-24-15)18-11-19-16/h1-5,10-11H,6-9H2,(H,20,21). The third-order valence-electron chi connectivity index (χ3n) is 4.48. The highest BCUT2D eigenvalue weighted by molar-refractivity contribution is 7.17. The second-order valence-electron chi connectivity index (χ2n) is 5.88. The predicted octanol–water partition coefficient (Wildman–Crippen LogP) is 2.89. The minimum absolute atomic E-state index is 0.927. The van der Waals surface area contributed by atoms with E-state index in [9.17, 15) is 0 Å². The number of benzene rings is 1. The van der Waals surface area contributed by atoms with Crippen LogP contribution in [0.15, 0.2) is 42.0 Å². The molecule has 0 radical (unpaired) electrons. The van der Waals surface area contributed by atoms with E-state index in [-0.39, 0.29) is 0 Å². The Morgan fingerprint density at radius 3 is 2.62 bits per heavy atom. The van der Waals surface area contributed by atoms with Crippen LogP contribution >= 0.6 is 11.3 Å². The number of aromatic amines is 1. The van der Waals surface area contributed by atoms with Gasteiger partial charge in [-0.2, -0.15) is 0 Å². The van der Waals surface area contributed by atoms with Crippen LogP contribution in [0.5, 0.6) is 0 Å². The molecule has 1 aromatic carbocycles. The Balaban J connectivity index is 1.38. The topological polar surface area (TPSA) is 60.9 Å². The first kappa shape index (κ1) is 13.7. The molecule has 0 saturated carbocycles. The molecule has 6 nitrogen and oxygen atoms in total. The summed E-state index contributed by atoms with van der Waals surface area (Å²) in [5.41, 5.74) is 3.14. The smallest absolute Gasteiger partial charge is 0.203 e. The van der Waals surface area contributed by atoms with Gasteiger partial charge in [-0.1, -0.05) is 12.1 Å². The van der Waals surface area contributed by atoms with Gasteiger partial charge in [0.05, 0.1) is 21.3 Å². The predicted molar refractivity (Wildman–Crippen MR) is 97.9 cm³/mol. The number of hydrogen-bond donors (Lipinski definition) is 1. The molecule has 7 heteroatoms. The van der Waals surface area contributed by atoms with Gasteiger partial charge in [-0.15, -0.1) is 11.3 Å². The first-order valence-electron chi connectivity index (χ1n) is 8.01. The van der Waals surface area contributed by atoms with Crippen LogP contribution in [0.1, 0.15) is 0 Å². The molecule has 0 amide bonds. The molecule has 120 valence electrons. The third-order valence-corrected chi connectivity index (χ3v) is 5.38. The van der Waals surface area contributed by atoms with Crippen molar-refractivity contribution in [3.05, 3.63) is 42.0 Å². The molecule has 1 aliphatic heterocycles. The summed E-state index contributed by atoms with van der Waals surface area (Å²) >= 11 is 1.71. The van der Waals surface area contributed by atoms with Gasteiger partial charge in [0, 0.05) is 26.2 Å². The number of nitrogens with zero attached hydrogens (tertiary/aromatic N) is 5. The molecule has 0 aliphatic carbocycles. The largest absolute Gasteiger partial charge is 0.352 e. The molecule has 0 unspecified atom stereocenters. The minimum Gasteiger partial charge on any atom is -0.352 e. The summed E-state index contributed by atoms with van der Waals surface area (Å²) in [5, 5.41) is 2.08. The molecule has 0 bridgehead atoms. The number of imidazole rings is 1.